The zero-order valence-electron chi connectivity index (χ0n) is 9.58. The first-order chi connectivity index (χ1) is 7.38. The maximum atomic E-state index is 13.0. The lowest BCUT2D eigenvalue weighted by atomic mass is 9.90. The summed E-state index contributed by atoms with van der Waals surface area (Å²) < 4.78 is 13.0. The van der Waals surface area contributed by atoms with Gasteiger partial charge in [0.15, 0.2) is 0 Å². The molecule has 0 atom stereocenters. The lowest BCUT2D eigenvalue weighted by molar-refractivity contribution is 0.440. The molecule has 0 aliphatic rings. The number of aromatic hydroxyl groups is 1. The molecule has 1 heterocycles. The van der Waals surface area contributed by atoms with Crippen LogP contribution in [0.4, 0.5) is 4.39 Å². The summed E-state index contributed by atoms with van der Waals surface area (Å²) in [7, 11) is 0. The second-order valence-corrected chi connectivity index (χ2v) is 4.94. The molecule has 1 N–H and O–H groups in total. The van der Waals surface area contributed by atoms with Gasteiger partial charge in [0.25, 0.3) is 0 Å². The van der Waals surface area contributed by atoms with E-state index in [-0.39, 0.29) is 17.0 Å². The summed E-state index contributed by atoms with van der Waals surface area (Å²) in [6.45, 7) is 5.93. The number of hydrogen-bond acceptors (Lipinski definition) is 2. The van der Waals surface area contributed by atoms with Gasteiger partial charge in [-0.15, -0.1) is 0 Å². The molecule has 0 aliphatic heterocycles. The molecule has 0 saturated heterocycles. The van der Waals surface area contributed by atoms with Crippen molar-refractivity contribution in [3.63, 3.8) is 0 Å². The van der Waals surface area contributed by atoms with Crippen molar-refractivity contribution < 1.29 is 9.50 Å². The van der Waals surface area contributed by atoms with Gasteiger partial charge in [0.05, 0.1) is 11.2 Å². The van der Waals surface area contributed by atoms with E-state index in [1.807, 2.05) is 20.8 Å². The Balaban J connectivity index is 2.72. The summed E-state index contributed by atoms with van der Waals surface area (Å²) in [6, 6.07) is 5.93. The molecule has 0 aliphatic carbocycles. The lowest BCUT2D eigenvalue weighted by Crippen LogP contribution is -2.13. The van der Waals surface area contributed by atoms with Crippen LogP contribution in [0.25, 0.3) is 10.9 Å². The average molecular weight is 219 g/mol. The van der Waals surface area contributed by atoms with E-state index in [2.05, 4.69) is 4.98 Å². The van der Waals surface area contributed by atoms with Crippen molar-refractivity contribution in [3.05, 3.63) is 35.8 Å². The molecule has 0 radical (unpaired) electrons. The van der Waals surface area contributed by atoms with Crippen LogP contribution < -0.4 is 0 Å². The molecule has 0 saturated carbocycles. The number of nitrogens with zero attached hydrogens (tertiary/aromatic N) is 1. The third-order valence-corrected chi connectivity index (χ3v) is 2.47. The molecule has 1 aromatic heterocycles. The fraction of sp³-hybridized carbons (Fsp3) is 0.308. The highest BCUT2D eigenvalue weighted by Crippen LogP contribution is 2.31. The molecule has 0 amide bonds. The highest BCUT2D eigenvalue weighted by molar-refractivity contribution is 5.80. The van der Waals surface area contributed by atoms with E-state index in [4.69, 9.17) is 0 Å². The van der Waals surface area contributed by atoms with Crippen LogP contribution in [0.3, 0.4) is 0 Å². The quantitative estimate of drug-likeness (QED) is 0.736. The van der Waals surface area contributed by atoms with Gasteiger partial charge in [-0.2, -0.15) is 0 Å². The molecule has 2 rings (SSSR count). The average Bonchev–Trinajstić information content (AvgIpc) is 2.14. The Labute approximate surface area is 93.8 Å². The van der Waals surface area contributed by atoms with Gasteiger partial charge in [-0.05, 0) is 24.3 Å². The zero-order valence-corrected chi connectivity index (χ0v) is 9.58. The molecule has 0 fully saturated rings. The summed E-state index contributed by atoms with van der Waals surface area (Å²) in [5.74, 6) is -0.206. The summed E-state index contributed by atoms with van der Waals surface area (Å²) in [6.07, 6.45) is 0. The Hall–Kier alpha value is -1.64. The molecule has 2 aromatic rings. The van der Waals surface area contributed by atoms with Crippen LogP contribution in [0.2, 0.25) is 0 Å². The van der Waals surface area contributed by atoms with Crippen LogP contribution in [0.1, 0.15) is 26.5 Å². The molecule has 3 heteroatoms. The molecule has 84 valence electrons. The molecule has 0 spiro atoms. The highest BCUT2D eigenvalue weighted by atomic mass is 19.1. The Morgan fingerprint density at radius 1 is 1.19 bits per heavy atom. The Morgan fingerprint density at radius 3 is 2.50 bits per heavy atom. The summed E-state index contributed by atoms with van der Waals surface area (Å²) in [5.41, 5.74) is 1.10. The van der Waals surface area contributed by atoms with Crippen molar-refractivity contribution in [1.82, 2.24) is 4.98 Å². The van der Waals surface area contributed by atoms with Crippen molar-refractivity contribution in [3.8, 4) is 5.75 Å². The number of rotatable bonds is 0. The van der Waals surface area contributed by atoms with Gasteiger partial charge < -0.3 is 5.11 Å². The Morgan fingerprint density at radius 2 is 1.88 bits per heavy atom. The van der Waals surface area contributed by atoms with E-state index < -0.39 is 0 Å². The monoisotopic (exact) mass is 219 g/mol. The zero-order chi connectivity index (χ0) is 11.9. The molecular formula is C13H14FNO. The first-order valence-corrected chi connectivity index (χ1v) is 5.18. The van der Waals surface area contributed by atoms with E-state index in [0.717, 1.165) is 0 Å². The number of halogens is 1. The summed E-state index contributed by atoms with van der Waals surface area (Å²) in [5, 5.41) is 10.5. The third-order valence-electron chi connectivity index (χ3n) is 2.47. The van der Waals surface area contributed by atoms with E-state index in [1.165, 1.54) is 12.1 Å². The van der Waals surface area contributed by atoms with Crippen LogP contribution in [0.15, 0.2) is 24.3 Å². The molecule has 16 heavy (non-hydrogen) atoms. The minimum Gasteiger partial charge on any atom is -0.506 e. The largest absolute Gasteiger partial charge is 0.506 e. The van der Waals surface area contributed by atoms with E-state index in [0.29, 0.717) is 16.6 Å². The van der Waals surface area contributed by atoms with Crippen LogP contribution in [-0.4, -0.2) is 10.1 Å². The van der Waals surface area contributed by atoms with Gasteiger partial charge in [-0.1, -0.05) is 20.8 Å². The lowest BCUT2D eigenvalue weighted by Gasteiger charge is -2.19. The maximum absolute atomic E-state index is 13.0. The van der Waals surface area contributed by atoms with E-state index in [1.54, 1.807) is 12.1 Å². The first kappa shape index (κ1) is 10.9. The van der Waals surface area contributed by atoms with Crippen LogP contribution in [0, 0.1) is 5.82 Å². The van der Waals surface area contributed by atoms with Crippen molar-refractivity contribution in [1.29, 1.82) is 0 Å². The Bertz CT molecular complexity index is 543. The second kappa shape index (κ2) is 3.44. The molecule has 0 unspecified atom stereocenters. The predicted molar refractivity (Wildman–Crippen MR) is 62.1 cm³/mol. The minimum absolute atomic E-state index is 0.116. The van der Waals surface area contributed by atoms with Crippen molar-refractivity contribution in [2.45, 2.75) is 26.2 Å². The van der Waals surface area contributed by atoms with Crippen LogP contribution in [-0.2, 0) is 5.41 Å². The van der Waals surface area contributed by atoms with Crippen molar-refractivity contribution >= 4 is 10.9 Å². The molecular weight excluding hydrogens is 205 g/mol. The Kier molecular flexibility index (Phi) is 2.34. The van der Waals surface area contributed by atoms with Gasteiger partial charge in [0.1, 0.15) is 11.6 Å². The van der Waals surface area contributed by atoms with E-state index in [9.17, 15) is 9.50 Å². The second-order valence-electron chi connectivity index (χ2n) is 4.94. The first-order valence-electron chi connectivity index (χ1n) is 5.18. The minimum atomic E-state index is -0.322. The van der Waals surface area contributed by atoms with Crippen molar-refractivity contribution in [2.24, 2.45) is 0 Å². The number of pyridine rings is 1. The fourth-order valence-electron chi connectivity index (χ4n) is 1.69. The van der Waals surface area contributed by atoms with Gasteiger partial charge >= 0.3 is 0 Å². The standard InChI is InChI=1S/C13H14FNO/c1-13(2,3)12-11(16)7-8-6-9(14)4-5-10(8)15-12/h4-7,16H,1-3H3. The van der Waals surface area contributed by atoms with E-state index >= 15 is 0 Å². The summed E-state index contributed by atoms with van der Waals surface area (Å²) in [4.78, 5) is 4.37. The predicted octanol–water partition coefficient (Wildman–Crippen LogP) is 3.38. The van der Waals surface area contributed by atoms with Gasteiger partial charge in [0.2, 0.25) is 0 Å². The molecule has 2 nitrogen and oxygen atoms in total. The smallest absolute Gasteiger partial charge is 0.138 e. The van der Waals surface area contributed by atoms with Gasteiger partial charge in [-0.25, -0.2) is 9.37 Å². The van der Waals surface area contributed by atoms with Crippen LogP contribution >= 0.6 is 0 Å². The normalized spacial score (nSPS) is 12.0. The maximum Gasteiger partial charge on any atom is 0.138 e. The molecule has 1 aromatic carbocycles. The van der Waals surface area contributed by atoms with Gasteiger partial charge in [0, 0.05) is 10.8 Å². The molecule has 0 bridgehead atoms. The number of hydrogen-bond donors (Lipinski definition) is 1. The third kappa shape index (κ3) is 1.85. The number of fused-ring (bicyclic) bond motifs is 1. The number of benzene rings is 1. The topological polar surface area (TPSA) is 33.1 Å². The van der Waals surface area contributed by atoms with Crippen molar-refractivity contribution in [2.75, 3.05) is 0 Å². The number of aromatic nitrogens is 1. The highest BCUT2D eigenvalue weighted by Gasteiger charge is 2.20. The summed E-state index contributed by atoms with van der Waals surface area (Å²) >= 11 is 0. The fourth-order valence-corrected chi connectivity index (χ4v) is 1.69. The van der Waals surface area contributed by atoms with Gasteiger partial charge in [-0.3, -0.25) is 0 Å². The van der Waals surface area contributed by atoms with Crippen LogP contribution in [0.5, 0.6) is 5.75 Å². The SMILES string of the molecule is CC(C)(C)c1nc2ccc(F)cc2cc1O.